The summed E-state index contributed by atoms with van der Waals surface area (Å²) in [6.07, 6.45) is -0.626. The number of aryl methyl sites for hydroxylation is 2. The molecule has 1 aromatic heterocycles. The molecule has 2 aromatic carbocycles. The highest BCUT2D eigenvalue weighted by Gasteiger charge is 2.21. The van der Waals surface area contributed by atoms with Crippen molar-refractivity contribution in [2.45, 2.75) is 33.8 Å². The van der Waals surface area contributed by atoms with E-state index in [1.54, 1.807) is 13.0 Å². The first-order chi connectivity index (χ1) is 12.0. The minimum atomic E-state index is -0.626. The summed E-state index contributed by atoms with van der Waals surface area (Å²) >= 11 is 0. The maximum absolute atomic E-state index is 12.4. The van der Waals surface area contributed by atoms with Gasteiger partial charge in [-0.25, -0.2) is 4.79 Å². The van der Waals surface area contributed by atoms with E-state index >= 15 is 0 Å². The summed E-state index contributed by atoms with van der Waals surface area (Å²) in [6, 6.07) is 13.3. The van der Waals surface area contributed by atoms with Gasteiger partial charge in [-0.2, -0.15) is 0 Å². The van der Waals surface area contributed by atoms with Gasteiger partial charge >= 0.3 is 5.97 Å². The van der Waals surface area contributed by atoms with Gasteiger partial charge in [0.05, 0.1) is 5.56 Å². The molecule has 3 aromatic rings. The molecule has 0 bridgehead atoms. The van der Waals surface area contributed by atoms with Gasteiger partial charge in [-0.3, -0.25) is 0 Å². The minimum absolute atomic E-state index is 0.272. The van der Waals surface area contributed by atoms with E-state index in [1.165, 1.54) is 0 Å². The van der Waals surface area contributed by atoms with E-state index in [0.717, 1.165) is 22.3 Å². The predicted molar refractivity (Wildman–Crippen MR) is 94.2 cm³/mol. The van der Waals surface area contributed by atoms with Gasteiger partial charge in [-0.15, -0.1) is 10.2 Å². The average Bonchev–Trinajstić information content (AvgIpc) is 3.08. The molecular formula is C20H20N2O3. The van der Waals surface area contributed by atoms with Crippen LogP contribution in [0.3, 0.4) is 0 Å². The van der Waals surface area contributed by atoms with Gasteiger partial charge in [-0.1, -0.05) is 29.8 Å². The third-order valence-electron chi connectivity index (χ3n) is 4.20. The number of carbonyl (C=O) groups excluding carboxylic acids is 1. The van der Waals surface area contributed by atoms with Crippen LogP contribution in [-0.4, -0.2) is 16.2 Å². The number of hydrogen-bond acceptors (Lipinski definition) is 5. The molecule has 128 valence electrons. The second kappa shape index (κ2) is 6.89. The Morgan fingerprint density at radius 1 is 1.04 bits per heavy atom. The Balaban J connectivity index is 1.75. The highest BCUT2D eigenvalue weighted by molar-refractivity contribution is 5.91. The van der Waals surface area contributed by atoms with Crippen LogP contribution in [0.2, 0.25) is 0 Å². The van der Waals surface area contributed by atoms with Crippen LogP contribution in [0.25, 0.3) is 11.5 Å². The third-order valence-corrected chi connectivity index (χ3v) is 4.20. The summed E-state index contributed by atoms with van der Waals surface area (Å²) in [5.41, 5.74) is 4.48. The van der Waals surface area contributed by atoms with Crippen LogP contribution in [0, 0.1) is 20.8 Å². The van der Waals surface area contributed by atoms with Crippen LogP contribution in [0.1, 0.15) is 46.0 Å². The Morgan fingerprint density at radius 3 is 2.48 bits per heavy atom. The summed E-state index contributed by atoms with van der Waals surface area (Å²) in [6.45, 7) is 7.59. The number of hydrogen-bond donors (Lipinski definition) is 0. The van der Waals surface area contributed by atoms with Crippen molar-refractivity contribution in [2.75, 3.05) is 0 Å². The number of benzene rings is 2. The quantitative estimate of drug-likeness (QED) is 0.652. The molecule has 0 saturated carbocycles. The van der Waals surface area contributed by atoms with Crippen LogP contribution < -0.4 is 0 Å². The van der Waals surface area contributed by atoms with Crippen molar-refractivity contribution in [3.63, 3.8) is 0 Å². The largest absolute Gasteiger partial charge is 0.449 e. The summed E-state index contributed by atoms with van der Waals surface area (Å²) in [5.74, 6) is 0.280. The van der Waals surface area contributed by atoms with Crippen molar-refractivity contribution in [3.8, 4) is 11.5 Å². The van der Waals surface area contributed by atoms with Gasteiger partial charge in [0.15, 0.2) is 6.10 Å². The Morgan fingerprint density at radius 2 is 1.76 bits per heavy atom. The molecule has 0 unspecified atom stereocenters. The molecule has 0 aliphatic heterocycles. The Kier molecular flexibility index (Phi) is 4.65. The highest BCUT2D eigenvalue weighted by atomic mass is 16.6. The van der Waals surface area contributed by atoms with E-state index in [2.05, 4.69) is 10.2 Å². The van der Waals surface area contributed by atoms with Crippen LogP contribution >= 0.6 is 0 Å². The number of aromatic nitrogens is 2. The van der Waals surface area contributed by atoms with Crippen LogP contribution in [-0.2, 0) is 4.74 Å². The Labute approximate surface area is 146 Å². The molecule has 0 fully saturated rings. The molecule has 1 atom stereocenters. The van der Waals surface area contributed by atoms with Gasteiger partial charge in [-0.05, 0) is 57.0 Å². The average molecular weight is 336 g/mol. The summed E-state index contributed by atoms with van der Waals surface area (Å²) in [7, 11) is 0. The van der Waals surface area contributed by atoms with Crippen molar-refractivity contribution >= 4 is 5.97 Å². The second-order valence-electron chi connectivity index (χ2n) is 6.11. The van der Waals surface area contributed by atoms with Crippen LogP contribution in [0.15, 0.2) is 46.9 Å². The van der Waals surface area contributed by atoms with Gasteiger partial charge in [0.1, 0.15) is 0 Å². The molecule has 0 saturated heterocycles. The van der Waals surface area contributed by atoms with E-state index in [0.29, 0.717) is 11.5 Å². The van der Waals surface area contributed by atoms with E-state index in [-0.39, 0.29) is 5.89 Å². The third kappa shape index (κ3) is 3.60. The normalized spacial score (nSPS) is 12.0. The molecule has 0 amide bonds. The molecule has 25 heavy (non-hydrogen) atoms. The lowest BCUT2D eigenvalue weighted by Crippen LogP contribution is -2.11. The molecule has 0 aliphatic carbocycles. The molecule has 5 heteroatoms. The summed E-state index contributed by atoms with van der Waals surface area (Å²) < 4.78 is 11.2. The lowest BCUT2D eigenvalue weighted by molar-refractivity contribution is 0.0279. The predicted octanol–water partition coefficient (Wildman–Crippen LogP) is 4.58. The Bertz CT molecular complexity index is 898. The molecular weight excluding hydrogens is 316 g/mol. The van der Waals surface area contributed by atoms with Crippen LogP contribution in [0.5, 0.6) is 0 Å². The smallest absolute Gasteiger partial charge is 0.339 e. The molecule has 0 radical (unpaired) electrons. The first kappa shape index (κ1) is 16.9. The van der Waals surface area contributed by atoms with E-state index in [4.69, 9.17) is 9.15 Å². The van der Waals surface area contributed by atoms with Crippen molar-refractivity contribution in [2.24, 2.45) is 0 Å². The maximum atomic E-state index is 12.4. The summed E-state index contributed by atoms with van der Waals surface area (Å²) in [4.78, 5) is 12.4. The lowest BCUT2D eigenvalue weighted by atomic mass is 10.0. The molecule has 1 heterocycles. The highest BCUT2D eigenvalue weighted by Crippen LogP contribution is 2.24. The van der Waals surface area contributed by atoms with E-state index in [9.17, 15) is 4.79 Å². The monoisotopic (exact) mass is 336 g/mol. The number of esters is 1. The molecule has 0 aliphatic rings. The first-order valence-corrected chi connectivity index (χ1v) is 8.13. The van der Waals surface area contributed by atoms with Gasteiger partial charge < -0.3 is 9.15 Å². The molecule has 0 spiro atoms. The van der Waals surface area contributed by atoms with E-state index < -0.39 is 12.1 Å². The number of nitrogens with zero attached hydrogens (tertiary/aromatic N) is 2. The zero-order valence-corrected chi connectivity index (χ0v) is 14.7. The van der Waals surface area contributed by atoms with Crippen molar-refractivity contribution in [1.29, 1.82) is 0 Å². The zero-order valence-electron chi connectivity index (χ0n) is 14.7. The maximum Gasteiger partial charge on any atom is 0.339 e. The van der Waals surface area contributed by atoms with Crippen molar-refractivity contribution in [1.82, 2.24) is 10.2 Å². The summed E-state index contributed by atoms with van der Waals surface area (Å²) in [5, 5.41) is 8.05. The fourth-order valence-corrected chi connectivity index (χ4v) is 2.46. The zero-order chi connectivity index (χ0) is 18.0. The van der Waals surface area contributed by atoms with Gasteiger partial charge in [0, 0.05) is 5.56 Å². The first-order valence-electron chi connectivity index (χ1n) is 8.13. The van der Waals surface area contributed by atoms with Crippen molar-refractivity contribution in [3.05, 3.63) is 70.6 Å². The SMILES string of the molecule is Cc1ccc(-c2nnc([C@@H](C)OC(=O)c3cccc(C)c3C)o2)cc1. The fourth-order valence-electron chi connectivity index (χ4n) is 2.46. The molecule has 3 rings (SSSR count). The number of carbonyl (C=O) groups is 1. The van der Waals surface area contributed by atoms with Gasteiger partial charge in [0.25, 0.3) is 5.89 Å². The number of ether oxygens (including phenoxy) is 1. The fraction of sp³-hybridized carbons (Fsp3) is 0.250. The second-order valence-corrected chi connectivity index (χ2v) is 6.11. The van der Waals surface area contributed by atoms with Gasteiger partial charge in [0.2, 0.25) is 5.89 Å². The lowest BCUT2D eigenvalue weighted by Gasteiger charge is -2.12. The standard InChI is InChI=1S/C20H20N2O3/c1-12-8-10-16(11-9-12)19-22-21-18(25-19)15(4)24-20(23)17-7-5-6-13(2)14(17)3/h5-11,15H,1-4H3/t15-/m1/s1. The Hall–Kier alpha value is -2.95. The molecule has 5 nitrogen and oxygen atoms in total. The number of rotatable bonds is 4. The minimum Gasteiger partial charge on any atom is -0.449 e. The van der Waals surface area contributed by atoms with E-state index in [1.807, 2.05) is 57.2 Å². The topological polar surface area (TPSA) is 65.2 Å². The van der Waals surface area contributed by atoms with Crippen molar-refractivity contribution < 1.29 is 13.9 Å². The van der Waals surface area contributed by atoms with Crippen LogP contribution in [0.4, 0.5) is 0 Å². The molecule has 0 N–H and O–H groups in total.